The predicted molar refractivity (Wildman–Crippen MR) is 73.3 cm³/mol. The van der Waals surface area contributed by atoms with E-state index >= 15 is 0 Å². The van der Waals surface area contributed by atoms with Gasteiger partial charge in [-0.1, -0.05) is 18.9 Å². The molecule has 1 aromatic rings. The van der Waals surface area contributed by atoms with Crippen molar-refractivity contribution >= 4 is 11.4 Å². The quantitative estimate of drug-likeness (QED) is 0.750. The molecule has 2 fully saturated rings. The van der Waals surface area contributed by atoms with Crippen molar-refractivity contribution in [3.05, 3.63) is 23.8 Å². The first kappa shape index (κ1) is 10.9. The lowest BCUT2D eigenvalue weighted by Crippen LogP contribution is -2.25. The van der Waals surface area contributed by atoms with Crippen molar-refractivity contribution in [3.63, 3.8) is 0 Å². The van der Waals surface area contributed by atoms with Crippen LogP contribution in [0.2, 0.25) is 0 Å². The molecule has 17 heavy (non-hydrogen) atoms. The molecular weight excluding hydrogens is 208 g/mol. The molecule has 3 rings (SSSR count). The summed E-state index contributed by atoms with van der Waals surface area (Å²) in [6.07, 6.45) is 7.07. The second kappa shape index (κ2) is 3.94. The predicted octanol–water partition coefficient (Wildman–Crippen LogP) is 3.35. The SMILES string of the molecule is Cc1ccc(N)c(N2CCC3(CCCC3)C2)c1. The number of anilines is 2. The highest BCUT2D eigenvalue weighted by molar-refractivity contribution is 5.69. The Morgan fingerprint density at radius 3 is 2.71 bits per heavy atom. The number of rotatable bonds is 1. The highest BCUT2D eigenvalue weighted by Gasteiger charge is 2.40. The third kappa shape index (κ3) is 1.90. The number of hydrogen-bond donors (Lipinski definition) is 1. The van der Waals surface area contributed by atoms with Crippen LogP contribution in [0.15, 0.2) is 18.2 Å². The van der Waals surface area contributed by atoms with Crippen LogP contribution in [0.25, 0.3) is 0 Å². The molecule has 0 bridgehead atoms. The van der Waals surface area contributed by atoms with Crippen LogP contribution < -0.4 is 10.6 Å². The molecule has 0 amide bonds. The van der Waals surface area contributed by atoms with Crippen LogP contribution in [0, 0.1) is 12.3 Å². The fraction of sp³-hybridized carbons (Fsp3) is 0.600. The Kier molecular flexibility index (Phi) is 2.53. The van der Waals surface area contributed by atoms with Gasteiger partial charge in [0, 0.05) is 13.1 Å². The number of benzene rings is 1. The van der Waals surface area contributed by atoms with Gasteiger partial charge in [0.25, 0.3) is 0 Å². The van der Waals surface area contributed by atoms with Crippen LogP contribution in [-0.4, -0.2) is 13.1 Å². The molecule has 0 unspecified atom stereocenters. The van der Waals surface area contributed by atoms with Crippen LogP contribution in [0.1, 0.15) is 37.7 Å². The Morgan fingerprint density at radius 1 is 1.18 bits per heavy atom. The number of nitrogens with two attached hydrogens (primary N) is 1. The summed E-state index contributed by atoms with van der Waals surface area (Å²) < 4.78 is 0. The zero-order valence-corrected chi connectivity index (χ0v) is 10.7. The molecule has 1 aromatic carbocycles. The second-order valence-corrected chi connectivity index (χ2v) is 5.94. The van der Waals surface area contributed by atoms with Crippen LogP contribution >= 0.6 is 0 Å². The first-order valence-corrected chi connectivity index (χ1v) is 6.80. The topological polar surface area (TPSA) is 29.3 Å². The zero-order valence-electron chi connectivity index (χ0n) is 10.7. The van der Waals surface area contributed by atoms with Crippen molar-refractivity contribution in [2.75, 3.05) is 23.7 Å². The second-order valence-electron chi connectivity index (χ2n) is 5.94. The Morgan fingerprint density at radius 2 is 1.94 bits per heavy atom. The smallest absolute Gasteiger partial charge is 0.0602 e. The molecule has 1 spiro atoms. The maximum Gasteiger partial charge on any atom is 0.0602 e. The van der Waals surface area contributed by atoms with Gasteiger partial charge in [0.2, 0.25) is 0 Å². The molecule has 2 aliphatic rings. The van der Waals surface area contributed by atoms with Crippen molar-refractivity contribution in [1.82, 2.24) is 0 Å². The minimum atomic E-state index is 0.621. The summed E-state index contributed by atoms with van der Waals surface area (Å²) in [5.74, 6) is 0. The summed E-state index contributed by atoms with van der Waals surface area (Å²) in [6.45, 7) is 4.55. The highest BCUT2D eigenvalue weighted by Crippen LogP contribution is 2.47. The van der Waals surface area contributed by atoms with Crippen molar-refractivity contribution in [1.29, 1.82) is 0 Å². The molecular formula is C15H22N2. The molecule has 1 saturated carbocycles. The average molecular weight is 230 g/mol. The molecule has 1 aliphatic heterocycles. The van der Waals surface area contributed by atoms with E-state index in [1.807, 2.05) is 6.07 Å². The van der Waals surface area contributed by atoms with E-state index in [0.717, 1.165) is 5.69 Å². The van der Waals surface area contributed by atoms with Gasteiger partial charge in [-0.15, -0.1) is 0 Å². The van der Waals surface area contributed by atoms with Gasteiger partial charge in [-0.2, -0.15) is 0 Å². The average Bonchev–Trinajstić information content (AvgIpc) is 2.94. The summed E-state index contributed by atoms with van der Waals surface area (Å²) in [7, 11) is 0. The maximum absolute atomic E-state index is 6.11. The van der Waals surface area contributed by atoms with E-state index in [-0.39, 0.29) is 0 Å². The van der Waals surface area contributed by atoms with E-state index in [1.54, 1.807) is 0 Å². The molecule has 1 aliphatic carbocycles. The lowest BCUT2D eigenvalue weighted by atomic mass is 9.86. The molecule has 92 valence electrons. The molecule has 2 nitrogen and oxygen atoms in total. The van der Waals surface area contributed by atoms with Crippen LogP contribution in [-0.2, 0) is 0 Å². The molecule has 0 radical (unpaired) electrons. The van der Waals surface area contributed by atoms with Gasteiger partial charge in [0.1, 0.15) is 0 Å². The van der Waals surface area contributed by atoms with E-state index in [9.17, 15) is 0 Å². The van der Waals surface area contributed by atoms with Gasteiger partial charge >= 0.3 is 0 Å². The van der Waals surface area contributed by atoms with Crippen molar-refractivity contribution in [2.24, 2.45) is 5.41 Å². The summed E-state index contributed by atoms with van der Waals surface area (Å²) in [4.78, 5) is 2.51. The fourth-order valence-electron chi connectivity index (χ4n) is 3.60. The van der Waals surface area contributed by atoms with Crippen LogP contribution in [0.5, 0.6) is 0 Å². The largest absolute Gasteiger partial charge is 0.397 e. The van der Waals surface area contributed by atoms with Crippen molar-refractivity contribution < 1.29 is 0 Å². The van der Waals surface area contributed by atoms with Gasteiger partial charge < -0.3 is 10.6 Å². The molecule has 2 heteroatoms. The van der Waals surface area contributed by atoms with E-state index in [0.29, 0.717) is 5.41 Å². The maximum atomic E-state index is 6.11. The first-order chi connectivity index (χ1) is 8.19. The van der Waals surface area contributed by atoms with Gasteiger partial charge in [0.05, 0.1) is 11.4 Å². The van der Waals surface area contributed by atoms with Crippen molar-refractivity contribution in [3.8, 4) is 0 Å². The Labute approximate surface area is 104 Å². The molecule has 0 atom stereocenters. The lowest BCUT2D eigenvalue weighted by Gasteiger charge is -2.25. The van der Waals surface area contributed by atoms with Crippen LogP contribution in [0.4, 0.5) is 11.4 Å². The highest BCUT2D eigenvalue weighted by atomic mass is 15.2. The van der Waals surface area contributed by atoms with E-state index in [2.05, 4.69) is 24.0 Å². The summed E-state index contributed by atoms with van der Waals surface area (Å²) in [5.41, 5.74) is 10.2. The number of nitrogens with zero attached hydrogens (tertiary/aromatic N) is 1. The van der Waals surface area contributed by atoms with Gasteiger partial charge in [-0.05, 0) is 49.3 Å². The van der Waals surface area contributed by atoms with Gasteiger partial charge in [-0.25, -0.2) is 0 Å². The number of aryl methyl sites for hydroxylation is 1. The monoisotopic (exact) mass is 230 g/mol. The summed E-state index contributed by atoms with van der Waals surface area (Å²) in [5, 5.41) is 0. The molecule has 0 aromatic heterocycles. The third-order valence-corrected chi connectivity index (χ3v) is 4.63. The fourth-order valence-corrected chi connectivity index (χ4v) is 3.60. The summed E-state index contributed by atoms with van der Waals surface area (Å²) in [6, 6.07) is 6.38. The lowest BCUT2D eigenvalue weighted by molar-refractivity contribution is 0.341. The minimum Gasteiger partial charge on any atom is -0.397 e. The third-order valence-electron chi connectivity index (χ3n) is 4.63. The standard InChI is InChI=1S/C15H22N2/c1-12-4-5-13(16)14(10-12)17-9-8-15(11-17)6-2-3-7-15/h4-5,10H,2-3,6-9,11,16H2,1H3. The number of nitrogen functional groups attached to an aromatic ring is 1. The minimum absolute atomic E-state index is 0.621. The van der Waals surface area contributed by atoms with E-state index in [1.165, 1.54) is 56.4 Å². The zero-order chi connectivity index (χ0) is 11.9. The molecule has 1 heterocycles. The van der Waals surface area contributed by atoms with E-state index < -0.39 is 0 Å². The van der Waals surface area contributed by atoms with Crippen LogP contribution in [0.3, 0.4) is 0 Å². The Balaban J connectivity index is 1.84. The first-order valence-electron chi connectivity index (χ1n) is 6.80. The van der Waals surface area contributed by atoms with Gasteiger partial charge in [0.15, 0.2) is 0 Å². The Bertz CT molecular complexity index is 419. The number of hydrogen-bond acceptors (Lipinski definition) is 2. The van der Waals surface area contributed by atoms with E-state index in [4.69, 9.17) is 5.73 Å². The molecule has 1 saturated heterocycles. The van der Waals surface area contributed by atoms with Gasteiger partial charge in [-0.3, -0.25) is 0 Å². The van der Waals surface area contributed by atoms with Crippen molar-refractivity contribution in [2.45, 2.75) is 39.0 Å². The molecule has 2 N–H and O–H groups in total. The Hall–Kier alpha value is -1.18. The normalized spacial score (nSPS) is 22.5. The summed E-state index contributed by atoms with van der Waals surface area (Å²) >= 11 is 0.